The van der Waals surface area contributed by atoms with Gasteiger partial charge in [0.2, 0.25) is 0 Å². The third-order valence-corrected chi connectivity index (χ3v) is 3.95. The van der Waals surface area contributed by atoms with Gasteiger partial charge in [-0.3, -0.25) is 0 Å². The fourth-order valence-corrected chi connectivity index (χ4v) is 2.65. The van der Waals surface area contributed by atoms with Gasteiger partial charge in [0.25, 0.3) is 0 Å². The maximum atomic E-state index is 11.0. The average molecular weight is 271 g/mol. The van der Waals surface area contributed by atoms with Crippen molar-refractivity contribution in [1.82, 2.24) is 9.97 Å². The number of carbonyl (C=O) groups is 1. The van der Waals surface area contributed by atoms with Crippen molar-refractivity contribution in [2.45, 2.75) is 19.8 Å². The van der Waals surface area contributed by atoms with Gasteiger partial charge in [-0.25, -0.2) is 14.8 Å². The molecular weight excluding hydrogens is 254 g/mol. The minimum atomic E-state index is -0.932. The molecule has 1 fully saturated rings. The van der Waals surface area contributed by atoms with Crippen molar-refractivity contribution in [3.63, 3.8) is 0 Å². The second-order valence-electron chi connectivity index (χ2n) is 5.40. The molecule has 104 valence electrons. The van der Waals surface area contributed by atoms with Gasteiger partial charge in [-0.05, 0) is 37.0 Å². The first-order valence-electron chi connectivity index (χ1n) is 6.88. The van der Waals surface area contributed by atoms with Crippen molar-refractivity contribution in [3.05, 3.63) is 30.1 Å². The Balaban J connectivity index is 2.01. The molecule has 5 nitrogen and oxygen atoms in total. The number of carboxylic acids is 1. The molecule has 0 spiro atoms. The van der Waals surface area contributed by atoms with E-state index in [9.17, 15) is 4.79 Å². The van der Waals surface area contributed by atoms with Gasteiger partial charge in [0.15, 0.2) is 0 Å². The van der Waals surface area contributed by atoms with E-state index in [1.807, 2.05) is 6.07 Å². The Morgan fingerprint density at radius 1 is 1.30 bits per heavy atom. The molecule has 2 heterocycles. The average Bonchev–Trinajstić information content (AvgIpc) is 2.47. The van der Waals surface area contributed by atoms with Crippen LogP contribution in [0.15, 0.2) is 24.5 Å². The highest BCUT2D eigenvalue weighted by atomic mass is 16.4. The summed E-state index contributed by atoms with van der Waals surface area (Å²) in [6, 6.07) is 5.03. The summed E-state index contributed by atoms with van der Waals surface area (Å²) in [7, 11) is 0. The van der Waals surface area contributed by atoms with E-state index in [4.69, 9.17) is 5.11 Å². The monoisotopic (exact) mass is 271 g/mol. The van der Waals surface area contributed by atoms with Gasteiger partial charge in [0.05, 0.1) is 11.1 Å². The first-order valence-corrected chi connectivity index (χ1v) is 6.88. The van der Waals surface area contributed by atoms with Crippen LogP contribution < -0.4 is 4.90 Å². The van der Waals surface area contributed by atoms with Crippen LogP contribution in [0.25, 0.3) is 10.9 Å². The van der Waals surface area contributed by atoms with E-state index in [1.54, 1.807) is 12.1 Å². The highest BCUT2D eigenvalue weighted by Gasteiger charge is 2.19. The van der Waals surface area contributed by atoms with Crippen LogP contribution in [0.5, 0.6) is 0 Å². The summed E-state index contributed by atoms with van der Waals surface area (Å²) in [6.45, 7) is 4.26. The molecule has 2 aromatic rings. The zero-order valence-corrected chi connectivity index (χ0v) is 11.4. The van der Waals surface area contributed by atoms with Crippen LogP contribution in [0.1, 0.15) is 30.1 Å². The predicted molar refractivity (Wildman–Crippen MR) is 77.1 cm³/mol. The van der Waals surface area contributed by atoms with E-state index < -0.39 is 5.97 Å². The van der Waals surface area contributed by atoms with Crippen molar-refractivity contribution in [2.75, 3.05) is 18.0 Å². The van der Waals surface area contributed by atoms with Gasteiger partial charge in [-0.2, -0.15) is 0 Å². The Morgan fingerprint density at radius 2 is 2.05 bits per heavy atom. The summed E-state index contributed by atoms with van der Waals surface area (Å²) < 4.78 is 0. The van der Waals surface area contributed by atoms with Gasteiger partial charge in [0, 0.05) is 18.5 Å². The molecule has 0 aliphatic carbocycles. The van der Waals surface area contributed by atoms with Crippen molar-refractivity contribution >= 4 is 22.7 Å². The molecule has 5 heteroatoms. The van der Waals surface area contributed by atoms with E-state index in [1.165, 1.54) is 19.2 Å². The van der Waals surface area contributed by atoms with Crippen molar-refractivity contribution in [2.24, 2.45) is 5.92 Å². The number of rotatable bonds is 2. The van der Waals surface area contributed by atoms with Gasteiger partial charge in [-0.1, -0.05) is 6.92 Å². The van der Waals surface area contributed by atoms with Gasteiger partial charge in [0.1, 0.15) is 12.1 Å². The Hall–Kier alpha value is -2.17. The lowest BCUT2D eigenvalue weighted by molar-refractivity contribution is 0.0697. The molecule has 1 aliphatic heterocycles. The quantitative estimate of drug-likeness (QED) is 0.909. The lowest BCUT2D eigenvalue weighted by Gasteiger charge is -2.31. The van der Waals surface area contributed by atoms with Crippen LogP contribution in [-0.4, -0.2) is 34.1 Å². The number of hydrogen-bond donors (Lipinski definition) is 1. The molecule has 1 aliphatic rings. The molecule has 1 saturated heterocycles. The molecule has 0 unspecified atom stereocenters. The lowest BCUT2D eigenvalue weighted by atomic mass is 9.99. The number of aromatic nitrogens is 2. The lowest BCUT2D eigenvalue weighted by Crippen LogP contribution is -2.33. The third-order valence-electron chi connectivity index (χ3n) is 3.95. The van der Waals surface area contributed by atoms with Crippen LogP contribution in [0.2, 0.25) is 0 Å². The molecule has 1 N–H and O–H groups in total. The van der Waals surface area contributed by atoms with Gasteiger partial charge < -0.3 is 10.0 Å². The molecule has 0 saturated carbocycles. The van der Waals surface area contributed by atoms with Crippen LogP contribution in [-0.2, 0) is 0 Å². The summed E-state index contributed by atoms with van der Waals surface area (Å²) in [6.07, 6.45) is 3.85. The Morgan fingerprint density at radius 3 is 2.75 bits per heavy atom. The normalized spacial score (nSPS) is 16.6. The van der Waals surface area contributed by atoms with Gasteiger partial charge >= 0.3 is 5.97 Å². The molecule has 0 radical (unpaired) electrons. The van der Waals surface area contributed by atoms with Crippen LogP contribution >= 0.6 is 0 Å². The molecular formula is C15H17N3O2. The first-order chi connectivity index (χ1) is 9.65. The second-order valence-corrected chi connectivity index (χ2v) is 5.40. The molecule has 3 rings (SSSR count). The van der Waals surface area contributed by atoms with Crippen molar-refractivity contribution in [3.8, 4) is 0 Å². The number of piperidine rings is 1. The van der Waals surface area contributed by atoms with Crippen molar-refractivity contribution in [1.29, 1.82) is 0 Å². The van der Waals surface area contributed by atoms with E-state index in [-0.39, 0.29) is 5.56 Å². The number of fused-ring (bicyclic) bond motifs is 1. The molecule has 0 amide bonds. The number of anilines is 1. The summed E-state index contributed by atoms with van der Waals surface area (Å²) in [4.78, 5) is 21.9. The number of aromatic carboxylic acids is 1. The summed E-state index contributed by atoms with van der Waals surface area (Å²) in [5, 5.41) is 9.96. The summed E-state index contributed by atoms with van der Waals surface area (Å²) >= 11 is 0. The Bertz CT molecular complexity index is 649. The standard InChI is InChI=1S/C15H17N3O2/c1-10-4-6-18(7-5-10)14-12-3-2-11(15(19)20)8-13(12)16-9-17-14/h2-3,8-10H,4-7H2,1H3,(H,19,20). The maximum Gasteiger partial charge on any atom is 0.335 e. The summed E-state index contributed by atoms with van der Waals surface area (Å²) in [5.74, 6) is 0.746. The Labute approximate surface area is 117 Å². The molecule has 0 atom stereocenters. The zero-order valence-electron chi connectivity index (χ0n) is 11.4. The molecule has 0 bridgehead atoms. The highest BCUT2D eigenvalue weighted by molar-refractivity contribution is 5.96. The van der Waals surface area contributed by atoms with Crippen LogP contribution in [0.3, 0.4) is 0 Å². The van der Waals surface area contributed by atoms with E-state index in [0.717, 1.165) is 30.2 Å². The number of benzene rings is 1. The number of carboxylic acid groups (broad SMARTS) is 1. The minimum Gasteiger partial charge on any atom is -0.478 e. The van der Waals surface area contributed by atoms with Gasteiger partial charge in [-0.15, -0.1) is 0 Å². The Kier molecular flexibility index (Phi) is 3.26. The minimum absolute atomic E-state index is 0.259. The molecule has 20 heavy (non-hydrogen) atoms. The van der Waals surface area contributed by atoms with Crippen LogP contribution in [0.4, 0.5) is 5.82 Å². The smallest absolute Gasteiger partial charge is 0.335 e. The number of nitrogens with zero attached hydrogens (tertiary/aromatic N) is 3. The SMILES string of the molecule is CC1CCN(c2ncnc3cc(C(=O)O)ccc23)CC1. The van der Waals surface area contributed by atoms with Crippen LogP contribution in [0, 0.1) is 5.92 Å². The van der Waals surface area contributed by atoms with E-state index >= 15 is 0 Å². The molecule has 1 aromatic heterocycles. The first kappa shape index (κ1) is 12.8. The molecule has 1 aromatic carbocycles. The predicted octanol–water partition coefficient (Wildman–Crippen LogP) is 2.56. The summed E-state index contributed by atoms with van der Waals surface area (Å²) in [5.41, 5.74) is 0.947. The second kappa shape index (κ2) is 5.07. The van der Waals surface area contributed by atoms with E-state index in [0.29, 0.717) is 5.52 Å². The van der Waals surface area contributed by atoms with E-state index in [2.05, 4.69) is 21.8 Å². The highest BCUT2D eigenvalue weighted by Crippen LogP contribution is 2.27. The largest absolute Gasteiger partial charge is 0.478 e. The zero-order chi connectivity index (χ0) is 14.1. The maximum absolute atomic E-state index is 11.0. The third kappa shape index (κ3) is 2.31. The van der Waals surface area contributed by atoms with Crippen molar-refractivity contribution < 1.29 is 9.90 Å². The fraction of sp³-hybridized carbons (Fsp3) is 0.400. The fourth-order valence-electron chi connectivity index (χ4n) is 2.65. The number of hydrogen-bond acceptors (Lipinski definition) is 4. The topological polar surface area (TPSA) is 66.3 Å².